The first-order chi connectivity index (χ1) is 14.9. The molecule has 6 nitrogen and oxygen atoms in total. The minimum Gasteiger partial charge on any atom is -0.477 e. The number of fused-ring (bicyclic) bond motifs is 1. The number of likely N-dealkylation sites (tertiary alicyclic amines) is 1. The topological polar surface area (TPSA) is 61.9 Å². The van der Waals surface area contributed by atoms with E-state index in [0.29, 0.717) is 12.3 Å². The fraction of sp³-hybridized carbons (Fsp3) is 0.440. The van der Waals surface area contributed by atoms with Crippen LogP contribution in [0.1, 0.15) is 36.0 Å². The van der Waals surface area contributed by atoms with Gasteiger partial charge in [0, 0.05) is 18.8 Å². The highest BCUT2D eigenvalue weighted by Gasteiger charge is 2.34. The Bertz CT molecular complexity index is 959. The van der Waals surface area contributed by atoms with Crippen molar-refractivity contribution in [3.05, 3.63) is 53.1 Å². The van der Waals surface area contributed by atoms with Crippen LogP contribution >= 0.6 is 0 Å². The summed E-state index contributed by atoms with van der Waals surface area (Å²) in [6.45, 7) is 8.16. The summed E-state index contributed by atoms with van der Waals surface area (Å²) in [5.74, 6) is 0.570. The quantitative estimate of drug-likeness (QED) is 0.815. The predicted molar refractivity (Wildman–Crippen MR) is 123 cm³/mol. The molecule has 2 amide bonds. The fourth-order valence-corrected chi connectivity index (χ4v) is 4.63. The SMILES string of the molecule is Cc1cc(C)c(NC(=O)CN2C[C@H](C(=O)N3CCCCC3)Oc3ccccc32)c(C)c1. The van der Waals surface area contributed by atoms with Gasteiger partial charge in [-0.2, -0.15) is 0 Å². The number of nitrogens with one attached hydrogen (secondary N) is 1. The first-order valence-corrected chi connectivity index (χ1v) is 11.1. The number of para-hydroxylation sites is 2. The molecule has 2 aliphatic heterocycles. The third kappa shape index (κ3) is 4.68. The van der Waals surface area contributed by atoms with Crippen LogP contribution in [0.3, 0.4) is 0 Å². The van der Waals surface area contributed by atoms with Gasteiger partial charge in [0.05, 0.1) is 18.8 Å². The maximum atomic E-state index is 13.1. The van der Waals surface area contributed by atoms with E-state index in [2.05, 4.69) is 24.4 Å². The lowest BCUT2D eigenvalue weighted by Gasteiger charge is -2.38. The Morgan fingerprint density at radius 2 is 1.71 bits per heavy atom. The number of amides is 2. The van der Waals surface area contributed by atoms with Gasteiger partial charge in [-0.05, 0) is 63.3 Å². The second-order valence-electron chi connectivity index (χ2n) is 8.66. The predicted octanol–water partition coefficient (Wildman–Crippen LogP) is 3.83. The second-order valence-corrected chi connectivity index (χ2v) is 8.66. The lowest BCUT2D eigenvalue weighted by molar-refractivity contribution is -0.139. The van der Waals surface area contributed by atoms with Crippen molar-refractivity contribution in [3.63, 3.8) is 0 Å². The Kier molecular flexibility index (Phi) is 6.16. The number of nitrogens with zero attached hydrogens (tertiary/aromatic N) is 2. The number of piperidine rings is 1. The van der Waals surface area contributed by atoms with Gasteiger partial charge in [0.15, 0.2) is 6.10 Å². The Labute approximate surface area is 184 Å². The summed E-state index contributed by atoms with van der Waals surface area (Å²) in [5, 5.41) is 3.07. The Hall–Kier alpha value is -3.02. The maximum Gasteiger partial charge on any atom is 0.265 e. The van der Waals surface area contributed by atoms with Crippen LogP contribution in [0, 0.1) is 20.8 Å². The molecule has 6 heteroatoms. The van der Waals surface area contributed by atoms with Crippen molar-refractivity contribution in [3.8, 4) is 5.75 Å². The molecule has 4 rings (SSSR count). The van der Waals surface area contributed by atoms with Gasteiger partial charge >= 0.3 is 0 Å². The number of carbonyl (C=O) groups excluding carboxylic acids is 2. The monoisotopic (exact) mass is 421 g/mol. The zero-order valence-electron chi connectivity index (χ0n) is 18.6. The van der Waals surface area contributed by atoms with Gasteiger partial charge in [0.1, 0.15) is 5.75 Å². The standard InChI is InChI=1S/C25H31N3O3/c1-17-13-18(2)24(19(3)14-17)26-23(29)16-28-15-22(25(30)27-11-7-4-8-12-27)31-21-10-6-5-9-20(21)28/h5-6,9-10,13-14,22H,4,7-8,11-12,15-16H2,1-3H3,(H,26,29)/t22-/m1/s1. The van der Waals surface area contributed by atoms with E-state index in [9.17, 15) is 9.59 Å². The van der Waals surface area contributed by atoms with E-state index < -0.39 is 6.10 Å². The zero-order valence-corrected chi connectivity index (χ0v) is 18.6. The molecule has 0 aliphatic carbocycles. The van der Waals surface area contributed by atoms with Gasteiger partial charge < -0.3 is 19.9 Å². The molecule has 0 spiro atoms. The van der Waals surface area contributed by atoms with Crippen molar-refractivity contribution in [2.24, 2.45) is 0 Å². The molecule has 0 saturated carbocycles. The number of anilines is 2. The average Bonchev–Trinajstić information content (AvgIpc) is 2.76. The smallest absolute Gasteiger partial charge is 0.265 e. The molecule has 1 fully saturated rings. The van der Waals surface area contributed by atoms with E-state index in [1.807, 2.05) is 47.9 Å². The van der Waals surface area contributed by atoms with Crippen LogP contribution in [0.2, 0.25) is 0 Å². The third-order valence-corrected chi connectivity index (χ3v) is 6.08. The van der Waals surface area contributed by atoms with E-state index in [4.69, 9.17) is 4.74 Å². The maximum absolute atomic E-state index is 13.1. The van der Waals surface area contributed by atoms with Gasteiger partial charge in [-0.25, -0.2) is 0 Å². The number of hydrogen-bond acceptors (Lipinski definition) is 4. The molecular formula is C25H31N3O3. The van der Waals surface area contributed by atoms with Crippen LogP contribution in [0.25, 0.3) is 0 Å². The number of ether oxygens (including phenoxy) is 1. The summed E-state index contributed by atoms with van der Waals surface area (Å²) in [5.41, 5.74) is 4.97. The largest absolute Gasteiger partial charge is 0.477 e. The minimum absolute atomic E-state index is 0.0184. The molecule has 0 radical (unpaired) electrons. The first kappa shape index (κ1) is 21.2. The molecule has 2 aromatic rings. The van der Waals surface area contributed by atoms with Crippen molar-refractivity contribution in [2.75, 3.05) is 36.4 Å². The molecular weight excluding hydrogens is 390 g/mol. The molecule has 1 saturated heterocycles. The highest BCUT2D eigenvalue weighted by atomic mass is 16.5. The molecule has 2 aromatic carbocycles. The molecule has 2 heterocycles. The molecule has 1 atom stereocenters. The Morgan fingerprint density at radius 3 is 2.42 bits per heavy atom. The normalized spacial score (nSPS) is 18.2. The van der Waals surface area contributed by atoms with Gasteiger partial charge in [-0.1, -0.05) is 29.8 Å². The van der Waals surface area contributed by atoms with E-state index in [1.54, 1.807) is 0 Å². The molecule has 0 bridgehead atoms. The highest BCUT2D eigenvalue weighted by molar-refractivity contribution is 5.96. The van der Waals surface area contributed by atoms with Gasteiger partial charge in [0.2, 0.25) is 5.91 Å². The molecule has 2 aliphatic rings. The second kappa shape index (κ2) is 9.00. The summed E-state index contributed by atoms with van der Waals surface area (Å²) in [7, 11) is 0. The molecule has 1 N–H and O–H groups in total. The van der Waals surface area contributed by atoms with Crippen LogP contribution in [-0.4, -0.2) is 49.0 Å². The summed E-state index contributed by atoms with van der Waals surface area (Å²) < 4.78 is 6.06. The van der Waals surface area contributed by atoms with E-state index in [0.717, 1.165) is 48.4 Å². The van der Waals surface area contributed by atoms with E-state index in [1.165, 1.54) is 12.0 Å². The average molecular weight is 422 g/mol. The molecule has 164 valence electrons. The minimum atomic E-state index is -0.594. The number of aryl methyl sites for hydroxylation is 3. The third-order valence-electron chi connectivity index (χ3n) is 6.08. The Morgan fingerprint density at radius 1 is 1.03 bits per heavy atom. The molecule has 31 heavy (non-hydrogen) atoms. The van der Waals surface area contributed by atoms with Crippen molar-refractivity contribution >= 4 is 23.2 Å². The van der Waals surface area contributed by atoms with E-state index >= 15 is 0 Å². The number of benzene rings is 2. The number of hydrogen-bond donors (Lipinski definition) is 1. The highest BCUT2D eigenvalue weighted by Crippen LogP contribution is 2.33. The van der Waals surface area contributed by atoms with Gasteiger partial charge in [-0.15, -0.1) is 0 Å². The van der Waals surface area contributed by atoms with Crippen LogP contribution < -0.4 is 15.0 Å². The number of rotatable bonds is 4. The van der Waals surface area contributed by atoms with Crippen molar-refractivity contribution in [1.29, 1.82) is 0 Å². The van der Waals surface area contributed by atoms with Crippen molar-refractivity contribution < 1.29 is 14.3 Å². The lowest BCUT2D eigenvalue weighted by atomic mass is 10.1. The molecule has 0 unspecified atom stereocenters. The summed E-state index contributed by atoms with van der Waals surface area (Å²) in [4.78, 5) is 29.9. The summed E-state index contributed by atoms with van der Waals surface area (Å²) in [6, 6.07) is 11.8. The van der Waals surface area contributed by atoms with Crippen LogP contribution in [0.15, 0.2) is 36.4 Å². The van der Waals surface area contributed by atoms with Crippen LogP contribution in [0.4, 0.5) is 11.4 Å². The Balaban J connectivity index is 1.51. The number of carbonyl (C=O) groups is 2. The molecule has 0 aromatic heterocycles. The lowest BCUT2D eigenvalue weighted by Crippen LogP contribution is -2.52. The van der Waals surface area contributed by atoms with Crippen LogP contribution in [0.5, 0.6) is 5.75 Å². The summed E-state index contributed by atoms with van der Waals surface area (Å²) >= 11 is 0. The van der Waals surface area contributed by atoms with Crippen LogP contribution in [-0.2, 0) is 9.59 Å². The van der Waals surface area contributed by atoms with Gasteiger partial charge in [0.25, 0.3) is 5.91 Å². The van der Waals surface area contributed by atoms with Crippen molar-refractivity contribution in [2.45, 2.75) is 46.1 Å². The van der Waals surface area contributed by atoms with E-state index in [-0.39, 0.29) is 18.4 Å². The van der Waals surface area contributed by atoms with Crippen molar-refractivity contribution in [1.82, 2.24) is 4.90 Å². The fourth-order valence-electron chi connectivity index (χ4n) is 4.63. The van der Waals surface area contributed by atoms with Gasteiger partial charge in [-0.3, -0.25) is 9.59 Å². The summed E-state index contributed by atoms with van der Waals surface area (Å²) in [6.07, 6.45) is 2.65. The first-order valence-electron chi connectivity index (χ1n) is 11.1. The zero-order chi connectivity index (χ0) is 22.0.